The van der Waals surface area contributed by atoms with Crippen molar-refractivity contribution in [2.75, 3.05) is 26.2 Å². The molecule has 4 saturated carbocycles. The molecule has 0 amide bonds. The van der Waals surface area contributed by atoms with Crippen LogP contribution in [-0.4, -0.2) is 42.4 Å². The molecular formula is C25H37NO2. The van der Waals surface area contributed by atoms with Crippen molar-refractivity contribution < 1.29 is 9.84 Å². The molecular weight excluding hydrogens is 346 g/mol. The summed E-state index contributed by atoms with van der Waals surface area (Å²) in [6.07, 6.45) is 10.8. The highest BCUT2D eigenvalue weighted by Crippen LogP contribution is 2.60. The number of piperidine rings is 1. The van der Waals surface area contributed by atoms with E-state index in [-0.39, 0.29) is 0 Å². The third kappa shape index (κ3) is 3.85. The molecule has 5 aliphatic rings. The summed E-state index contributed by atoms with van der Waals surface area (Å²) in [6, 6.07) is 8.92. The molecule has 0 aromatic heterocycles. The number of aliphatic hydroxyl groups is 1. The summed E-state index contributed by atoms with van der Waals surface area (Å²) < 4.78 is 5.93. The van der Waals surface area contributed by atoms with Crippen molar-refractivity contribution in [1.82, 2.24) is 4.90 Å². The van der Waals surface area contributed by atoms with Gasteiger partial charge in [-0.2, -0.15) is 0 Å². The minimum atomic E-state index is -0.406. The molecule has 4 aliphatic carbocycles. The standard InChI is InChI=1S/C25H37NO2/c1-18-6-8-26(9-7-18)16-23(27)17-28-24-4-2-22(3-5-24)25-13-19-10-20(14-25)12-21(11-19)15-25/h2-5,18-21,23,27H,6-17H2,1H3. The minimum Gasteiger partial charge on any atom is -0.491 e. The van der Waals surface area contributed by atoms with Crippen molar-refractivity contribution in [3.63, 3.8) is 0 Å². The lowest BCUT2D eigenvalue weighted by atomic mass is 9.48. The molecule has 1 aromatic rings. The van der Waals surface area contributed by atoms with Gasteiger partial charge < -0.3 is 14.7 Å². The zero-order chi connectivity index (χ0) is 19.1. The molecule has 154 valence electrons. The molecule has 3 heteroatoms. The van der Waals surface area contributed by atoms with E-state index in [2.05, 4.69) is 36.1 Å². The van der Waals surface area contributed by atoms with E-state index in [4.69, 9.17) is 4.74 Å². The van der Waals surface area contributed by atoms with E-state index in [1.165, 1.54) is 51.4 Å². The van der Waals surface area contributed by atoms with Gasteiger partial charge in [0, 0.05) is 6.54 Å². The third-order valence-electron chi connectivity index (χ3n) is 8.29. The van der Waals surface area contributed by atoms with E-state index in [0.29, 0.717) is 12.0 Å². The Morgan fingerprint density at radius 1 is 1.00 bits per heavy atom. The fraction of sp³-hybridized carbons (Fsp3) is 0.760. The smallest absolute Gasteiger partial charge is 0.119 e. The predicted octanol–water partition coefficient (Wildman–Crippen LogP) is 4.63. The molecule has 3 nitrogen and oxygen atoms in total. The highest BCUT2D eigenvalue weighted by Gasteiger charge is 2.51. The lowest BCUT2D eigenvalue weighted by Gasteiger charge is -2.57. The maximum Gasteiger partial charge on any atom is 0.119 e. The number of likely N-dealkylation sites (tertiary alicyclic amines) is 1. The number of ether oxygens (including phenoxy) is 1. The molecule has 6 rings (SSSR count). The summed E-state index contributed by atoms with van der Waals surface area (Å²) in [5, 5.41) is 10.4. The van der Waals surface area contributed by atoms with Crippen LogP contribution in [0.25, 0.3) is 0 Å². The quantitative estimate of drug-likeness (QED) is 0.778. The van der Waals surface area contributed by atoms with E-state index < -0.39 is 6.10 Å². The van der Waals surface area contributed by atoms with E-state index in [1.54, 1.807) is 5.56 Å². The van der Waals surface area contributed by atoms with Gasteiger partial charge in [-0.3, -0.25) is 0 Å². The molecule has 28 heavy (non-hydrogen) atoms. The third-order valence-corrected chi connectivity index (χ3v) is 8.29. The van der Waals surface area contributed by atoms with Crippen molar-refractivity contribution in [3.05, 3.63) is 29.8 Å². The number of rotatable bonds is 6. The van der Waals surface area contributed by atoms with Gasteiger partial charge in [-0.1, -0.05) is 19.1 Å². The van der Waals surface area contributed by atoms with Crippen molar-refractivity contribution in [2.45, 2.75) is 69.8 Å². The first kappa shape index (κ1) is 18.9. The molecule has 1 atom stereocenters. The number of nitrogens with zero attached hydrogens (tertiary/aromatic N) is 1. The molecule has 1 saturated heterocycles. The van der Waals surface area contributed by atoms with Crippen molar-refractivity contribution in [1.29, 1.82) is 0 Å². The van der Waals surface area contributed by atoms with Gasteiger partial charge in [-0.25, -0.2) is 0 Å². The Labute approximate surface area is 170 Å². The summed E-state index contributed by atoms with van der Waals surface area (Å²) >= 11 is 0. The fourth-order valence-corrected chi connectivity index (χ4v) is 7.16. The number of β-amino-alcohol motifs (C(OH)–C–C–N with tert-alkyl or cyclic N) is 1. The van der Waals surface area contributed by atoms with Crippen LogP contribution in [0.4, 0.5) is 0 Å². The maximum absolute atomic E-state index is 10.4. The highest BCUT2D eigenvalue weighted by atomic mass is 16.5. The van der Waals surface area contributed by atoms with Crippen LogP contribution in [0.2, 0.25) is 0 Å². The summed E-state index contributed by atoms with van der Waals surface area (Å²) in [7, 11) is 0. The summed E-state index contributed by atoms with van der Waals surface area (Å²) in [6.45, 7) is 5.67. The Balaban J connectivity index is 1.15. The van der Waals surface area contributed by atoms with E-state index in [9.17, 15) is 5.11 Å². The minimum absolute atomic E-state index is 0.392. The van der Waals surface area contributed by atoms with Crippen molar-refractivity contribution in [3.8, 4) is 5.75 Å². The van der Waals surface area contributed by atoms with Crippen LogP contribution >= 0.6 is 0 Å². The Bertz CT molecular complexity index is 626. The molecule has 0 spiro atoms. The summed E-state index contributed by atoms with van der Waals surface area (Å²) in [5.74, 6) is 4.68. The first-order valence-corrected chi connectivity index (χ1v) is 11.7. The first-order chi connectivity index (χ1) is 13.6. The lowest BCUT2D eigenvalue weighted by molar-refractivity contribution is -0.00522. The monoisotopic (exact) mass is 383 g/mol. The second kappa shape index (κ2) is 7.65. The van der Waals surface area contributed by atoms with Gasteiger partial charge in [-0.15, -0.1) is 0 Å². The Morgan fingerprint density at radius 2 is 1.57 bits per heavy atom. The second-order valence-corrected chi connectivity index (χ2v) is 10.7. The molecule has 4 bridgehead atoms. The lowest BCUT2D eigenvalue weighted by Crippen LogP contribution is -2.48. The van der Waals surface area contributed by atoms with Crippen molar-refractivity contribution in [2.24, 2.45) is 23.7 Å². The van der Waals surface area contributed by atoms with Gasteiger partial charge in [0.15, 0.2) is 0 Å². The van der Waals surface area contributed by atoms with Crippen molar-refractivity contribution >= 4 is 0 Å². The Hall–Kier alpha value is -1.06. The van der Waals surface area contributed by atoms with Gasteiger partial charge >= 0.3 is 0 Å². The van der Waals surface area contributed by atoms with Crippen LogP contribution in [0, 0.1) is 23.7 Å². The molecule has 1 N–H and O–H groups in total. The molecule has 1 aromatic carbocycles. The zero-order valence-corrected chi connectivity index (χ0v) is 17.5. The Kier molecular flexibility index (Phi) is 5.17. The van der Waals surface area contributed by atoms with Crippen LogP contribution in [0.3, 0.4) is 0 Å². The number of aliphatic hydroxyl groups excluding tert-OH is 1. The number of hydrogen-bond acceptors (Lipinski definition) is 3. The van der Waals surface area contributed by atoms with Gasteiger partial charge in [0.1, 0.15) is 18.5 Å². The molecule has 0 radical (unpaired) electrons. The molecule has 1 aliphatic heterocycles. The second-order valence-electron chi connectivity index (χ2n) is 10.7. The molecule has 5 fully saturated rings. The van der Waals surface area contributed by atoms with Gasteiger partial charge in [0.05, 0.1) is 0 Å². The summed E-state index contributed by atoms with van der Waals surface area (Å²) in [5.41, 5.74) is 2.00. The predicted molar refractivity (Wildman–Crippen MR) is 113 cm³/mol. The van der Waals surface area contributed by atoms with Crippen LogP contribution in [0.1, 0.15) is 63.9 Å². The average molecular weight is 384 g/mol. The van der Waals surface area contributed by atoms with Crippen LogP contribution in [0.5, 0.6) is 5.75 Å². The summed E-state index contributed by atoms with van der Waals surface area (Å²) in [4.78, 5) is 2.38. The van der Waals surface area contributed by atoms with E-state index in [1.807, 2.05) is 0 Å². The van der Waals surface area contributed by atoms with Crippen LogP contribution in [0.15, 0.2) is 24.3 Å². The fourth-order valence-electron chi connectivity index (χ4n) is 7.16. The number of benzene rings is 1. The van der Waals surface area contributed by atoms with Crippen LogP contribution < -0.4 is 4.74 Å². The SMILES string of the molecule is CC1CCN(CC(O)COc2ccc(C34CC5CC(CC(C5)C3)C4)cc2)CC1. The molecule has 1 unspecified atom stereocenters. The average Bonchev–Trinajstić information content (AvgIpc) is 2.68. The Morgan fingerprint density at radius 3 is 2.14 bits per heavy atom. The normalized spacial score (nSPS) is 36.6. The van der Waals surface area contributed by atoms with E-state index >= 15 is 0 Å². The van der Waals surface area contributed by atoms with Crippen LogP contribution in [-0.2, 0) is 5.41 Å². The molecule has 1 heterocycles. The highest BCUT2D eigenvalue weighted by molar-refractivity contribution is 5.34. The van der Waals surface area contributed by atoms with Gasteiger partial charge in [-0.05, 0) is 111 Å². The van der Waals surface area contributed by atoms with Gasteiger partial charge in [0.25, 0.3) is 0 Å². The zero-order valence-electron chi connectivity index (χ0n) is 17.5. The largest absolute Gasteiger partial charge is 0.491 e. The number of hydrogen-bond donors (Lipinski definition) is 1. The van der Waals surface area contributed by atoms with E-state index in [0.717, 1.165) is 49.1 Å². The maximum atomic E-state index is 10.4. The topological polar surface area (TPSA) is 32.7 Å². The van der Waals surface area contributed by atoms with Gasteiger partial charge in [0.2, 0.25) is 0 Å². The first-order valence-electron chi connectivity index (χ1n) is 11.7.